The minimum atomic E-state index is -0.890. The topological polar surface area (TPSA) is 66.4 Å². The van der Waals surface area contributed by atoms with Crippen LogP contribution in [0.1, 0.15) is 51.1 Å². The molecule has 3 aromatic rings. The monoisotopic (exact) mass is 455 g/mol. The number of para-hydroxylation sites is 1. The zero-order chi connectivity index (χ0) is 22.2. The summed E-state index contributed by atoms with van der Waals surface area (Å²) in [6, 6.07) is 19.8. The molecule has 3 rings (SSSR count). The third-order valence-corrected chi connectivity index (χ3v) is 5.73. The van der Waals surface area contributed by atoms with Gasteiger partial charge < -0.3 is 10.4 Å². The predicted molar refractivity (Wildman–Crippen MR) is 126 cm³/mol. The number of aromatic carboxylic acids is 1. The van der Waals surface area contributed by atoms with Gasteiger partial charge in [-0.25, -0.2) is 4.79 Å². The highest BCUT2D eigenvalue weighted by Gasteiger charge is 2.16. The first kappa shape index (κ1) is 22.9. The Morgan fingerprint density at radius 3 is 2.00 bits per heavy atom. The molecule has 0 saturated heterocycles. The van der Waals surface area contributed by atoms with E-state index in [0.29, 0.717) is 15.6 Å². The van der Waals surface area contributed by atoms with Gasteiger partial charge in [0.15, 0.2) is 0 Å². The Morgan fingerprint density at radius 2 is 1.32 bits per heavy atom. The van der Waals surface area contributed by atoms with Crippen LogP contribution in [-0.4, -0.2) is 17.0 Å². The fraction of sp³-hybridized carbons (Fsp3) is 0.200. The van der Waals surface area contributed by atoms with Crippen molar-refractivity contribution in [3.63, 3.8) is 0 Å². The molecule has 4 nitrogen and oxygen atoms in total. The number of benzene rings is 3. The summed E-state index contributed by atoms with van der Waals surface area (Å²) in [6.45, 7) is 0. The van der Waals surface area contributed by atoms with Gasteiger partial charge in [-0.3, -0.25) is 4.79 Å². The van der Waals surface area contributed by atoms with Crippen molar-refractivity contribution < 1.29 is 14.7 Å². The van der Waals surface area contributed by atoms with Gasteiger partial charge in [-0.1, -0.05) is 72.1 Å². The average molecular weight is 456 g/mol. The second-order valence-corrected chi connectivity index (χ2v) is 8.05. The lowest BCUT2D eigenvalue weighted by Gasteiger charge is -2.13. The van der Waals surface area contributed by atoms with Crippen LogP contribution in [0.2, 0.25) is 10.0 Å². The van der Waals surface area contributed by atoms with Crippen molar-refractivity contribution >= 4 is 40.8 Å². The third kappa shape index (κ3) is 6.09. The van der Waals surface area contributed by atoms with E-state index in [2.05, 4.69) is 5.32 Å². The molecule has 0 atom stereocenters. The molecular weight excluding hydrogens is 433 g/mol. The SMILES string of the molecule is O=C(O)c1ccccc1CCCCCc1ccccc1NC(=O)c1c(Cl)cccc1Cl. The Morgan fingerprint density at radius 1 is 0.742 bits per heavy atom. The number of carbonyl (C=O) groups excluding carboxylic acids is 1. The first-order valence-corrected chi connectivity index (χ1v) is 10.9. The number of anilines is 1. The quantitative estimate of drug-likeness (QED) is 0.344. The molecule has 0 spiro atoms. The molecule has 0 aliphatic carbocycles. The van der Waals surface area contributed by atoms with E-state index in [4.69, 9.17) is 23.2 Å². The van der Waals surface area contributed by atoms with Crippen molar-refractivity contribution in [2.24, 2.45) is 0 Å². The summed E-state index contributed by atoms with van der Waals surface area (Å²) in [5, 5.41) is 12.8. The molecule has 0 unspecified atom stereocenters. The number of carboxylic acids is 1. The van der Waals surface area contributed by atoms with E-state index < -0.39 is 5.97 Å². The molecule has 6 heteroatoms. The average Bonchev–Trinajstić information content (AvgIpc) is 2.74. The molecule has 0 radical (unpaired) electrons. The molecule has 0 saturated carbocycles. The summed E-state index contributed by atoms with van der Waals surface area (Å²) in [5.41, 5.74) is 3.26. The normalized spacial score (nSPS) is 10.6. The van der Waals surface area contributed by atoms with Crippen LogP contribution in [0.5, 0.6) is 0 Å². The Bertz CT molecular complexity index is 1060. The number of carboxylic acid groups (broad SMARTS) is 1. The minimum absolute atomic E-state index is 0.262. The van der Waals surface area contributed by atoms with E-state index in [1.54, 1.807) is 30.3 Å². The van der Waals surface area contributed by atoms with Crippen LogP contribution in [0.15, 0.2) is 66.7 Å². The number of unbranched alkanes of at least 4 members (excludes halogenated alkanes) is 2. The molecule has 0 aliphatic rings. The molecule has 0 fully saturated rings. The van der Waals surface area contributed by atoms with Crippen LogP contribution in [0.3, 0.4) is 0 Å². The third-order valence-electron chi connectivity index (χ3n) is 5.10. The number of carbonyl (C=O) groups is 2. The molecule has 0 aliphatic heterocycles. The van der Waals surface area contributed by atoms with Crippen LogP contribution in [0.4, 0.5) is 5.69 Å². The van der Waals surface area contributed by atoms with Crippen LogP contribution in [0.25, 0.3) is 0 Å². The van der Waals surface area contributed by atoms with E-state index in [0.717, 1.165) is 48.9 Å². The van der Waals surface area contributed by atoms with Gasteiger partial charge in [-0.15, -0.1) is 0 Å². The number of rotatable bonds is 9. The highest BCUT2D eigenvalue weighted by atomic mass is 35.5. The maximum Gasteiger partial charge on any atom is 0.335 e. The van der Waals surface area contributed by atoms with Crippen molar-refractivity contribution in [2.75, 3.05) is 5.32 Å². The molecule has 1 amide bonds. The molecule has 0 aromatic heterocycles. The van der Waals surface area contributed by atoms with Gasteiger partial charge in [0.05, 0.1) is 21.2 Å². The van der Waals surface area contributed by atoms with Crippen molar-refractivity contribution in [1.82, 2.24) is 0 Å². The summed E-state index contributed by atoms with van der Waals surface area (Å²) < 4.78 is 0. The Labute approximate surface area is 191 Å². The van der Waals surface area contributed by atoms with Crippen LogP contribution >= 0.6 is 23.2 Å². The van der Waals surface area contributed by atoms with Gasteiger partial charge in [-0.05, 0) is 61.1 Å². The fourth-order valence-electron chi connectivity index (χ4n) is 3.51. The Hall–Kier alpha value is -2.82. The van der Waals surface area contributed by atoms with Gasteiger partial charge in [0.25, 0.3) is 5.91 Å². The summed E-state index contributed by atoms with van der Waals surface area (Å²) >= 11 is 12.3. The van der Waals surface area contributed by atoms with Crippen LogP contribution < -0.4 is 5.32 Å². The van der Waals surface area contributed by atoms with Crippen molar-refractivity contribution in [2.45, 2.75) is 32.1 Å². The van der Waals surface area contributed by atoms with E-state index in [9.17, 15) is 14.7 Å². The predicted octanol–water partition coefficient (Wildman–Crippen LogP) is 6.90. The van der Waals surface area contributed by atoms with E-state index in [1.807, 2.05) is 36.4 Å². The van der Waals surface area contributed by atoms with E-state index >= 15 is 0 Å². The summed E-state index contributed by atoms with van der Waals surface area (Å²) in [4.78, 5) is 24.0. The summed E-state index contributed by atoms with van der Waals surface area (Å²) in [7, 11) is 0. The summed E-state index contributed by atoms with van der Waals surface area (Å²) in [5.74, 6) is -1.23. The zero-order valence-electron chi connectivity index (χ0n) is 16.9. The van der Waals surface area contributed by atoms with Gasteiger partial charge >= 0.3 is 5.97 Å². The smallest absolute Gasteiger partial charge is 0.335 e. The molecule has 3 aromatic carbocycles. The Kier molecular flexibility index (Phi) is 8.10. The fourth-order valence-corrected chi connectivity index (χ4v) is 4.08. The highest BCUT2D eigenvalue weighted by molar-refractivity contribution is 6.40. The first-order valence-electron chi connectivity index (χ1n) is 10.1. The number of hydrogen-bond donors (Lipinski definition) is 2. The molecule has 0 heterocycles. The lowest BCUT2D eigenvalue weighted by Crippen LogP contribution is -2.14. The molecule has 0 bridgehead atoms. The number of amides is 1. The molecule has 160 valence electrons. The van der Waals surface area contributed by atoms with Crippen molar-refractivity contribution in [1.29, 1.82) is 0 Å². The first-order chi connectivity index (χ1) is 15.0. The standard InChI is InChI=1S/C25H23Cl2NO3/c26-20-14-8-15-21(27)23(20)24(29)28-22-16-7-5-12-18(22)11-3-1-2-9-17-10-4-6-13-19(17)25(30)31/h4-8,10,12-16H,1-3,9,11H2,(H,28,29)(H,30,31). The van der Waals surface area contributed by atoms with Gasteiger partial charge in [-0.2, -0.15) is 0 Å². The van der Waals surface area contributed by atoms with Crippen molar-refractivity contribution in [3.8, 4) is 0 Å². The Balaban J connectivity index is 1.57. The number of aryl methyl sites for hydroxylation is 2. The maximum atomic E-state index is 12.7. The second-order valence-electron chi connectivity index (χ2n) is 7.23. The second kappa shape index (κ2) is 11.0. The molecular formula is C25H23Cl2NO3. The highest BCUT2D eigenvalue weighted by Crippen LogP contribution is 2.26. The molecule has 2 N–H and O–H groups in total. The minimum Gasteiger partial charge on any atom is -0.478 e. The van der Waals surface area contributed by atoms with Gasteiger partial charge in [0.2, 0.25) is 0 Å². The van der Waals surface area contributed by atoms with Crippen molar-refractivity contribution in [3.05, 3.63) is 99.0 Å². The lowest BCUT2D eigenvalue weighted by atomic mass is 9.99. The molecule has 31 heavy (non-hydrogen) atoms. The van der Waals surface area contributed by atoms with Gasteiger partial charge in [0.1, 0.15) is 0 Å². The van der Waals surface area contributed by atoms with Gasteiger partial charge in [0, 0.05) is 5.69 Å². The number of nitrogens with one attached hydrogen (secondary N) is 1. The maximum absolute atomic E-state index is 12.7. The summed E-state index contributed by atoms with van der Waals surface area (Å²) in [6.07, 6.45) is 4.30. The number of hydrogen-bond acceptors (Lipinski definition) is 2. The van der Waals surface area contributed by atoms with E-state index in [1.165, 1.54) is 0 Å². The number of halogens is 2. The lowest BCUT2D eigenvalue weighted by molar-refractivity contribution is 0.0695. The largest absolute Gasteiger partial charge is 0.478 e. The zero-order valence-corrected chi connectivity index (χ0v) is 18.4. The van der Waals surface area contributed by atoms with E-state index in [-0.39, 0.29) is 11.5 Å². The van der Waals surface area contributed by atoms with Crippen LogP contribution in [-0.2, 0) is 12.8 Å². The van der Waals surface area contributed by atoms with Crippen LogP contribution in [0, 0.1) is 0 Å².